The highest BCUT2D eigenvalue weighted by Crippen LogP contribution is 2.47. The van der Waals surface area contributed by atoms with Gasteiger partial charge < -0.3 is 108 Å². The molecule has 91 heavy (non-hydrogen) atoms. The maximum atomic E-state index is 15.8. The van der Waals surface area contributed by atoms with Gasteiger partial charge in [0, 0.05) is 34.7 Å². The number of likely N-dealkylation sites (N-methyl/N-ethyl adjacent to an activating group) is 1. The molecule has 0 saturated carbocycles. The number of hydrogen-bond donors (Lipinski definition) is 18. The zero-order valence-electron chi connectivity index (χ0n) is 48.3. The van der Waals surface area contributed by atoms with Gasteiger partial charge in [0.05, 0.1) is 35.2 Å². The molecule has 6 aliphatic heterocycles. The number of amides is 7. The molecule has 0 aliphatic carbocycles. The second-order valence-electron chi connectivity index (χ2n) is 22.6. The zero-order valence-corrected chi connectivity index (χ0v) is 49.8. The number of aliphatic carboxylic acids is 1. The number of hydrogen-bond acceptors (Lipinski definition) is 21. The first-order valence-corrected chi connectivity index (χ1v) is 29.0. The van der Waals surface area contributed by atoms with Gasteiger partial charge in [0.25, 0.3) is 0 Å². The smallest absolute Gasteiger partial charge is 0.330 e. The number of carbonyl (C=O) groups excluding carboxylic acids is 7. The summed E-state index contributed by atoms with van der Waals surface area (Å²) < 4.78 is 19.0. The summed E-state index contributed by atoms with van der Waals surface area (Å²) in [4.78, 5) is 116. The molecule has 19 N–H and O–H groups in total. The van der Waals surface area contributed by atoms with Crippen LogP contribution in [0.5, 0.6) is 40.2 Å². The summed E-state index contributed by atoms with van der Waals surface area (Å²) >= 11 is 13.9. The van der Waals surface area contributed by atoms with E-state index >= 15 is 14.4 Å². The molecule has 6 aliphatic rings. The standard InChI is InChI=1S/C60H64Cl2N8O21/c1-21(2)10-32(64-3)54(81)69-47-49(76)23-5-8-36(30(61)12-23)89-38-14-25-15-39(28(38)18-40-51(78)53(80)52(79)41(20-71)91-40)90-37-9-6-24(13-31(37)62)50(77)48-59(86)68-46(60(87)88)29-16-26(72)17-35(74)43(29)27-11-22(4-7-34(27)73)44(56(83)70-48)67-57(84)45(25)66-55(82)33(19-42(63)75)65-58(47)85/h4-9,11-17,21,32-33,40-41,44-53,64,71-74,76-80H,10,18-20H2,1-3H3,(H2,63,75)(H,65,85)(H,66,82)(H,67,84)(H,68,86)(H,69,81)(H,70,83)(H,87,88)/t32-,33+,40+,41-,44-,45-,46-,47?,48+,49-,50-,51?,52-,53?/m1/s1. The molecule has 0 aromatic heterocycles. The number of phenols is 3. The molecule has 14 atom stereocenters. The molecule has 31 heteroatoms. The summed E-state index contributed by atoms with van der Waals surface area (Å²) in [5, 5.41) is 129. The number of primary amides is 1. The number of halogens is 2. The van der Waals surface area contributed by atoms with Crippen LogP contribution in [0.15, 0.2) is 78.9 Å². The molecule has 3 unspecified atom stereocenters. The highest BCUT2D eigenvalue weighted by Gasteiger charge is 2.46. The van der Waals surface area contributed by atoms with E-state index in [1.165, 1.54) is 25.2 Å². The third-order valence-electron chi connectivity index (χ3n) is 15.9. The van der Waals surface area contributed by atoms with Crippen LogP contribution >= 0.6 is 23.2 Å². The molecule has 11 rings (SSSR count). The SMILES string of the molecule is CN[C@H](CC(C)C)C(=O)NC1C(=O)N[C@@H](CC(N)=O)C(=O)N[C@H]2C(=O)N[C@H]3C(=O)N[C@H](C(=O)N[C@@H](C(=O)O)c4cc(O)cc(O)c4-c4cc3ccc4O)[C@H](O)c3ccc(c(Cl)c3)Oc3cc2cc(c3C[C@@H]2O[C@H](CO)[C@@H](O)C(O)C2O)Oc2ccc(cc2Cl)[C@H]1O. The number of fused-ring (bicyclic) bond motifs is 15. The van der Waals surface area contributed by atoms with E-state index in [-0.39, 0.29) is 67.4 Å². The van der Waals surface area contributed by atoms with E-state index in [0.717, 1.165) is 60.7 Å². The third kappa shape index (κ3) is 14.0. The number of aromatic hydroxyl groups is 3. The lowest BCUT2D eigenvalue weighted by Crippen LogP contribution is -2.59. The number of carbonyl (C=O) groups is 8. The van der Waals surface area contributed by atoms with Gasteiger partial charge in [0.2, 0.25) is 41.4 Å². The highest BCUT2D eigenvalue weighted by molar-refractivity contribution is 6.32. The fourth-order valence-corrected chi connectivity index (χ4v) is 11.6. The minimum absolute atomic E-state index is 0.0736. The van der Waals surface area contributed by atoms with Crippen LogP contribution < -0.4 is 52.4 Å². The number of carboxylic acid groups (broad SMARTS) is 1. The summed E-state index contributed by atoms with van der Waals surface area (Å²) in [5.74, 6) is -14.4. The first-order chi connectivity index (χ1) is 43.1. The summed E-state index contributed by atoms with van der Waals surface area (Å²) in [6.45, 7) is 2.78. The van der Waals surface area contributed by atoms with E-state index in [1.807, 2.05) is 13.8 Å². The van der Waals surface area contributed by atoms with Crippen LogP contribution in [0, 0.1) is 5.92 Å². The van der Waals surface area contributed by atoms with Crippen molar-refractivity contribution < 1.29 is 104 Å². The molecule has 0 spiro atoms. The van der Waals surface area contributed by atoms with Gasteiger partial charge in [-0.1, -0.05) is 55.2 Å². The first kappa shape index (κ1) is 66.5. The van der Waals surface area contributed by atoms with Crippen molar-refractivity contribution in [1.29, 1.82) is 0 Å². The van der Waals surface area contributed by atoms with Crippen LogP contribution in [0.2, 0.25) is 10.0 Å². The number of carboxylic acids is 1. The fraction of sp³-hybridized carbons (Fsp3) is 0.367. The fourth-order valence-electron chi connectivity index (χ4n) is 11.2. The Bertz CT molecular complexity index is 3730. The van der Waals surface area contributed by atoms with Gasteiger partial charge >= 0.3 is 5.97 Å². The van der Waals surface area contributed by atoms with Gasteiger partial charge in [-0.25, -0.2) is 4.79 Å². The number of rotatable bonds is 11. The van der Waals surface area contributed by atoms with E-state index in [2.05, 4.69) is 37.2 Å². The molecule has 484 valence electrons. The largest absolute Gasteiger partial charge is 0.508 e. The predicted octanol–water partition coefficient (Wildman–Crippen LogP) is 0.0749. The van der Waals surface area contributed by atoms with Crippen LogP contribution in [0.1, 0.15) is 90.4 Å². The molecule has 5 aromatic carbocycles. The number of aliphatic hydroxyl groups is 6. The number of aliphatic hydroxyl groups excluding tert-OH is 6. The molecule has 5 aromatic rings. The van der Waals surface area contributed by atoms with Crippen LogP contribution in [0.25, 0.3) is 11.1 Å². The third-order valence-corrected chi connectivity index (χ3v) is 16.4. The number of nitrogens with one attached hydrogen (secondary N) is 7. The van der Waals surface area contributed by atoms with Crippen LogP contribution in [0.4, 0.5) is 0 Å². The van der Waals surface area contributed by atoms with E-state index in [0.29, 0.717) is 0 Å². The molecule has 1 fully saturated rings. The summed E-state index contributed by atoms with van der Waals surface area (Å²) in [6, 6.07) is 0.145. The van der Waals surface area contributed by atoms with Crippen LogP contribution in [-0.4, -0.2) is 167 Å². The molecule has 0 radical (unpaired) electrons. The molecular weight excluding hydrogens is 1240 g/mol. The molecule has 7 amide bonds. The zero-order chi connectivity index (χ0) is 66.2. The Balaban J connectivity index is 1.32. The average molecular weight is 1300 g/mol. The summed E-state index contributed by atoms with van der Waals surface area (Å²) in [7, 11) is 1.48. The van der Waals surface area contributed by atoms with E-state index < -0.39 is 191 Å². The van der Waals surface area contributed by atoms with Crippen molar-refractivity contribution in [1.82, 2.24) is 37.2 Å². The minimum atomic E-state index is -2.25. The Morgan fingerprint density at radius 1 is 0.637 bits per heavy atom. The predicted molar refractivity (Wildman–Crippen MR) is 316 cm³/mol. The Hall–Kier alpha value is -8.88. The van der Waals surface area contributed by atoms with Gasteiger partial charge in [-0.2, -0.15) is 0 Å². The molecule has 29 nitrogen and oxygen atoms in total. The number of ether oxygens (including phenoxy) is 3. The molecule has 6 heterocycles. The second kappa shape index (κ2) is 27.3. The van der Waals surface area contributed by atoms with Crippen molar-refractivity contribution in [3.8, 4) is 51.4 Å². The number of phenolic OH excluding ortho intramolecular Hbond substituents is 3. The normalized spacial score (nSPS) is 26.3. The quantitative estimate of drug-likeness (QED) is 0.0832. The number of benzene rings is 5. The first-order valence-electron chi connectivity index (χ1n) is 28.3. The van der Waals surface area contributed by atoms with Crippen LogP contribution in [0.3, 0.4) is 0 Å². The van der Waals surface area contributed by atoms with Gasteiger partial charge in [0.15, 0.2) is 6.04 Å². The Morgan fingerprint density at radius 3 is 1.80 bits per heavy atom. The second-order valence-corrected chi connectivity index (χ2v) is 23.4. The van der Waals surface area contributed by atoms with Crippen molar-refractivity contribution in [2.75, 3.05) is 13.7 Å². The summed E-state index contributed by atoms with van der Waals surface area (Å²) in [5.41, 5.74) is 2.95. The molecular formula is C60H64Cl2N8O21. The average Bonchev–Trinajstić information content (AvgIpc) is 0.790. The lowest BCUT2D eigenvalue weighted by atomic mass is 9.89. The van der Waals surface area contributed by atoms with Gasteiger partial charge in [-0.05, 0) is 96.2 Å². The van der Waals surface area contributed by atoms with Crippen molar-refractivity contribution in [3.05, 3.63) is 122 Å². The van der Waals surface area contributed by atoms with E-state index in [9.17, 15) is 75.0 Å². The maximum Gasteiger partial charge on any atom is 0.330 e. The van der Waals surface area contributed by atoms with Gasteiger partial charge in [-0.15, -0.1) is 0 Å². The van der Waals surface area contributed by atoms with Gasteiger partial charge in [-0.3, -0.25) is 33.6 Å². The lowest BCUT2D eigenvalue weighted by molar-refractivity contribution is -0.228. The summed E-state index contributed by atoms with van der Waals surface area (Å²) in [6.07, 6.45) is -14.3. The molecule has 1 saturated heterocycles. The monoisotopic (exact) mass is 1300 g/mol. The Kier molecular flexibility index (Phi) is 20.0. The maximum absolute atomic E-state index is 15.8. The lowest BCUT2D eigenvalue weighted by Gasteiger charge is -2.40. The Labute approximate surface area is 526 Å². The van der Waals surface area contributed by atoms with E-state index in [1.54, 1.807) is 0 Å². The highest BCUT2D eigenvalue weighted by atomic mass is 35.5. The van der Waals surface area contributed by atoms with Crippen molar-refractivity contribution in [3.63, 3.8) is 0 Å². The van der Waals surface area contributed by atoms with Gasteiger partial charge in [0.1, 0.15) is 107 Å². The number of nitrogens with two attached hydrogens (primary N) is 1. The van der Waals surface area contributed by atoms with Crippen molar-refractivity contribution in [2.24, 2.45) is 11.7 Å². The van der Waals surface area contributed by atoms with Crippen LogP contribution in [-0.2, 0) is 49.5 Å². The van der Waals surface area contributed by atoms with Crippen molar-refractivity contribution in [2.45, 2.75) is 118 Å². The topological polar surface area (TPSA) is 477 Å². The Morgan fingerprint density at radius 2 is 1.22 bits per heavy atom. The van der Waals surface area contributed by atoms with Crippen molar-refractivity contribution >= 4 is 70.5 Å². The molecule has 11 bridgehead atoms. The van der Waals surface area contributed by atoms with E-state index in [4.69, 9.17) is 43.1 Å². The minimum Gasteiger partial charge on any atom is -0.508 e.